The van der Waals surface area contributed by atoms with Crippen LogP contribution >= 0.6 is 0 Å². The number of nitriles is 1. The molecule has 5 nitrogen and oxygen atoms in total. The fourth-order valence-corrected chi connectivity index (χ4v) is 4.27. The molecule has 1 saturated heterocycles. The Morgan fingerprint density at radius 3 is 2.48 bits per heavy atom. The molecule has 1 heterocycles. The van der Waals surface area contributed by atoms with Gasteiger partial charge in [-0.05, 0) is 49.7 Å². The average molecular weight is 355 g/mol. The lowest BCUT2D eigenvalue weighted by molar-refractivity contribution is 0.246. The van der Waals surface area contributed by atoms with Crippen LogP contribution < -0.4 is 4.72 Å². The molecule has 3 rings (SSSR count). The van der Waals surface area contributed by atoms with Crippen molar-refractivity contribution in [2.24, 2.45) is 0 Å². The molecule has 0 bridgehead atoms. The lowest BCUT2D eigenvalue weighted by Crippen LogP contribution is -2.36. The van der Waals surface area contributed by atoms with Crippen LogP contribution in [0.4, 0.5) is 0 Å². The summed E-state index contributed by atoms with van der Waals surface area (Å²) >= 11 is 0. The monoisotopic (exact) mass is 355 g/mol. The number of nitrogens with one attached hydrogen (secondary N) is 1. The van der Waals surface area contributed by atoms with Crippen LogP contribution in [0.3, 0.4) is 0 Å². The Morgan fingerprint density at radius 2 is 1.80 bits per heavy atom. The molecule has 1 atom stereocenters. The second-order valence-corrected chi connectivity index (χ2v) is 7.93. The van der Waals surface area contributed by atoms with E-state index in [4.69, 9.17) is 5.26 Å². The van der Waals surface area contributed by atoms with E-state index in [1.54, 1.807) is 12.1 Å². The van der Waals surface area contributed by atoms with Crippen molar-refractivity contribution in [3.05, 3.63) is 65.7 Å². The minimum Gasteiger partial charge on any atom is -0.295 e. The van der Waals surface area contributed by atoms with Gasteiger partial charge in [0.05, 0.1) is 16.5 Å². The van der Waals surface area contributed by atoms with Gasteiger partial charge < -0.3 is 0 Å². The molecular weight excluding hydrogens is 334 g/mol. The van der Waals surface area contributed by atoms with Gasteiger partial charge in [-0.25, -0.2) is 13.1 Å². The molecular formula is C19H21N3O2S. The summed E-state index contributed by atoms with van der Waals surface area (Å²) in [7, 11) is -3.65. The van der Waals surface area contributed by atoms with E-state index < -0.39 is 10.0 Å². The van der Waals surface area contributed by atoms with Crippen LogP contribution in [0, 0.1) is 11.3 Å². The third-order valence-corrected chi connectivity index (χ3v) is 5.93. The number of hydrogen-bond acceptors (Lipinski definition) is 4. The molecule has 130 valence electrons. The zero-order valence-electron chi connectivity index (χ0n) is 13.9. The molecule has 1 aliphatic heterocycles. The smallest absolute Gasteiger partial charge is 0.240 e. The van der Waals surface area contributed by atoms with Crippen molar-refractivity contribution in [1.29, 1.82) is 5.26 Å². The van der Waals surface area contributed by atoms with E-state index in [-0.39, 0.29) is 10.9 Å². The molecule has 0 unspecified atom stereocenters. The van der Waals surface area contributed by atoms with E-state index in [0.29, 0.717) is 12.1 Å². The van der Waals surface area contributed by atoms with E-state index in [9.17, 15) is 8.42 Å². The van der Waals surface area contributed by atoms with E-state index >= 15 is 0 Å². The highest BCUT2D eigenvalue weighted by Gasteiger charge is 2.25. The maximum Gasteiger partial charge on any atom is 0.240 e. The van der Waals surface area contributed by atoms with Crippen LogP contribution in [0.15, 0.2) is 59.5 Å². The molecule has 0 saturated carbocycles. The van der Waals surface area contributed by atoms with Crippen LogP contribution in [0.25, 0.3) is 0 Å². The Kier molecular flexibility index (Phi) is 5.49. The topological polar surface area (TPSA) is 73.2 Å². The third kappa shape index (κ3) is 4.26. The predicted molar refractivity (Wildman–Crippen MR) is 96.3 cm³/mol. The van der Waals surface area contributed by atoms with Gasteiger partial charge in [0, 0.05) is 12.6 Å². The Hall–Kier alpha value is -2.20. The fraction of sp³-hybridized carbons (Fsp3) is 0.316. The van der Waals surface area contributed by atoms with Crippen LogP contribution in [0.2, 0.25) is 0 Å². The summed E-state index contributed by atoms with van der Waals surface area (Å²) in [4.78, 5) is 2.45. The molecule has 0 amide bonds. The molecule has 1 fully saturated rings. The van der Waals surface area contributed by atoms with Crippen molar-refractivity contribution in [2.45, 2.75) is 23.8 Å². The molecule has 2 aromatic carbocycles. The second kappa shape index (κ2) is 7.79. The zero-order chi connectivity index (χ0) is 17.7. The summed E-state index contributed by atoms with van der Waals surface area (Å²) in [5.41, 5.74) is 1.44. The van der Waals surface area contributed by atoms with Crippen molar-refractivity contribution in [3.63, 3.8) is 0 Å². The fourth-order valence-electron chi connectivity index (χ4n) is 3.19. The number of hydrogen-bond donors (Lipinski definition) is 1. The molecule has 0 radical (unpaired) electrons. The standard InChI is InChI=1S/C19H21N3O2S/c20-14-16-7-6-10-18(13-16)25(23,24)21-15-19(22-11-4-5-12-22)17-8-2-1-3-9-17/h1-3,6-10,13,19,21H,4-5,11-12,15H2/t19-/m1/s1. The van der Waals surface area contributed by atoms with Crippen molar-refractivity contribution in [3.8, 4) is 6.07 Å². The summed E-state index contributed by atoms with van der Waals surface area (Å²) in [6, 6.07) is 18.1. The van der Waals surface area contributed by atoms with Crippen molar-refractivity contribution >= 4 is 10.0 Å². The second-order valence-electron chi connectivity index (χ2n) is 6.16. The highest BCUT2D eigenvalue weighted by molar-refractivity contribution is 7.89. The summed E-state index contributed by atoms with van der Waals surface area (Å²) in [5.74, 6) is 0. The molecule has 0 aromatic heterocycles. The first-order chi connectivity index (χ1) is 12.1. The SMILES string of the molecule is N#Cc1cccc(S(=O)(=O)NC[C@H](c2ccccc2)N2CCCC2)c1. The Labute approximate surface area is 149 Å². The van der Waals surface area contributed by atoms with Crippen LogP contribution in [-0.2, 0) is 10.0 Å². The third-order valence-electron chi connectivity index (χ3n) is 4.51. The molecule has 25 heavy (non-hydrogen) atoms. The molecule has 6 heteroatoms. The van der Waals surface area contributed by atoms with Crippen LogP contribution in [-0.4, -0.2) is 33.0 Å². The normalized spacial score (nSPS) is 16.4. The van der Waals surface area contributed by atoms with E-state index in [2.05, 4.69) is 9.62 Å². The van der Waals surface area contributed by atoms with Gasteiger partial charge in [0.2, 0.25) is 10.0 Å². The van der Waals surface area contributed by atoms with Crippen LogP contribution in [0.1, 0.15) is 30.0 Å². The van der Waals surface area contributed by atoms with Crippen molar-refractivity contribution < 1.29 is 8.42 Å². The Bertz CT molecular complexity index is 854. The molecule has 1 aliphatic rings. The lowest BCUT2D eigenvalue weighted by atomic mass is 10.1. The van der Waals surface area contributed by atoms with Gasteiger partial charge in [-0.15, -0.1) is 0 Å². The molecule has 1 N–H and O–H groups in total. The maximum atomic E-state index is 12.6. The van der Waals surface area contributed by atoms with Gasteiger partial charge in [0.1, 0.15) is 0 Å². The van der Waals surface area contributed by atoms with E-state index in [0.717, 1.165) is 31.5 Å². The molecule has 0 aliphatic carbocycles. The average Bonchev–Trinajstić information content (AvgIpc) is 3.17. The highest BCUT2D eigenvalue weighted by Crippen LogP contribution is 2.25. The lowest BCUT2D eigenvalue weighted by Gasteiger charge is -2.28. The first kappa shape index (κ1) is 17.6. The number of nitrogens with zero attached hydrogens (tertiary/aromatic N) is 2. The number of likely N-dealkylation sites (tertiary alicyclic amines) is 1. The van der Waals surface area contributed by atoms with E-state index in [1.807, 2.05) is 36.4 Å². The predicted octanol–water partition coefficient (Wildman–Crippen LogP) is 2.67. The Balaban J connectivity index is 1.79. The minimum absolute atomic E-state index is 0.0117. The van der Waals surface area contributed by atoms with Gasteiger partial charge in [-0.1, -0.05) is 36.4 Å². The summed E-state index contributed by atoms with van der Waals surface area (Å²) in [6.45, 7) is 2.26. The first-order valence-corrected chi connectivity index (χ1v) is 9.87. The van der Waals surface area contributed by atoms with E-state index in [1.165, 1.54) is 12.1 Å². The first-order valence-electron chi connectivity index (χ1n) is 8.39. The summed E-state index contributed by atoms with van der Waals surface area (Å²) < 4.78 is 27.9. The largest absolute Gasteiger partial charge is 0.295 e. The van der Waals surface area contributed by atoms with Gasteiger partial charge in [0.15, 0.2) is 0 Å². The Morgan fingerprint density at radius 1 is 1.08 bits per heavy atom. The zero-order valence-corrected chi connectivity index (χ0v) is 14.7. The van der Waals surface area contributed by atoms with Crippen molar-refractivity contribution in [2.75, 3.05) is 19.6 Å². The maximum absolute atomic E-state index is 12.6. The number of rotatable bonds is 6. The van der Waals surface area contributed by atoms with Gasteiger partial charge in [-0.3, -0.25) is 4.90 Å². The van der Waals surface area contributed by atoms with Gasteiger partial charge >= 0.3 is 0 Å². The molecule has 2 aromatic rings. The minimum atomic E-state index is -3.65. The van der Waals surface area contributed by atoms with Crippen molar-refractivity contribution in [1.82, 2.24) is 9.62 Å². The van der Waals surface area contributed by atoms with Gasteiger partial charge in [0.25, 0.3) is 0 Å². The quantitative estimate of drug-likeness (QED) is 0.865. The highest BCUT2D eigenvalue weighted by atomic mass is 32.2. The van der Waals surface area contributed by atoms with Gasteiger partial charge in [-0.2, -0.15) is 5.26 Å². The number of sulfonamides is 1. The number of benzene rings is 2. The van der Waals surface area contributed by atoms with Crippen LogP contribution in [0.5, 0.6) is 0 Å². The summed E-state index contributed by atoms with van der Waals surface area (Å²) in [5, 5.41) is 8.97. The summed E-state index contributed by atoms with van der Waals surface area (Å²) in [6.07, 6.45) is 2.28. The molecule has 0 spiro atoms.